The standard InChI is InChI=1S/C21H39N/c1-5-19(20-13-9-14-20)12-6-7-15-21(3,17(2)22-4)16-18-10-8-11-18/h17-18,22H,5-16H2,1-4H3. The fourth-order valence-corrected chi connectivity index (χ4v) is 4.38. The summed E-state index contributed by atoms with van der Waals surface area (Å²) in [4.78, 5) is 0. The maximum atomic E-state index is 3.55. The van der Waals surface area contributed by atoms with Crippen LogP contribution >= 0.6 is 0 Å². The van der Waals surface area contributed by atoms with E-state index in [1.165, 1.54) is 77.0 Å². The molecule has 0 saturated heterocycles. The van der Waals surface area contributed by atoms with E-state index in [4.69, 9.17) is 0 Å². The van der Waals surface area contributed by atoms with Gasteiger partial charge in [0.25, 0.3) is 0 Å². The van der Waals surface area contributed by atoms with Crippen molar-refractivity contribution >= 4 is 0 Å². The molecule has 0 aliphatic heterocycles. The van der Waals surface area contributed by atoms with Gasteiger partial charge >= 0.3 is 0 Å². The molecule has 0 aromatic rings. The van der Waals surface area contributed by atoms with Gasteiger partial charge in [0.1, 0.15) is 0 Å². The van der Waals surface area contributed by atoms with E-state index in [1.54, 1.807) is 5.57 Å². The van der Waals surface area contributed by atoms with E-state index < -0.39 is 0 Å². The highest BCUT2D eigenvalue weighted by Gasteiger charge is 2.34. The molecular weight excluding hydrogens is 266 g/mol. The third kappa shape index (κ3) is 4.60. The van der Waals surface area contributed by atoms with Crippen molar-refractivity contribution in [2.24, 2.45) is 11.3 Å². The van der Waals surface area contributed by atoms with E-state index in [1.807, 2.05) is 5.57 Å². The van der Waals surface area contributed by atoms with Crippen molar-refractivity contribution in [3.8, 4) is 0 Å². The van der Waals surface area contributed by atoms with Crippen LogP contribution in [0.3, 0.4) is 0 Å². The van der Waals surface area contributed by atoms with Gasteiger partial charge in [0.05, 0.1) is 0 Å². The SMILES string of the molecule is CCC(CCCCC(C)(CC1CCC1)C(C)NC)=C1CCC1. The molecule has 22 heavy (non-hydrogen) atoms. The van der Waals surface area contributed by atoms with E-state index in [9.17, 15) is 0 Å². The van der Waals surface area contributed by atoms with E-state index >= 15 is 0 Å². The number of allylic oxidation sites excluding steroid dienone is 2. The highest BCUT2D eigenvalue weighted by atomic mass is 14.9. The molecule has 0 amide bonds. The van der Waals surface area contributed by atoms with Crippen LogP contribution in [0.5, 0.6) is 0 Å². The molecule has 0 heterocycles. The zero-order valence-corrected chi connectivity index (χ0v) is 15.6. The molecule has 2 aliphatic carbocycles. The molecule has 128 valence electrons. The second kappa shape index (κ2) is 8.52. The first-order valence-corrected chi connectivity index (χ1v) is 9.96. The molecule has 2 atom stereocenters. The molecule has 1 heteroatoms. The normalized spacial score (nSPS) is 22.6. The molecule has 2 aliphatic rings. The first kappa shape index (κ1) is 18.0. The van der Waals surface area contributed by atoms with Gasteiger partial charge in [-0.3, -0.25) is 0 Å². The Kier molecular flexibility index (Phi) is 6.99. The van der Waals surface area contributed by atoms with Crippen LogP contribution in [0.4, 0.5) is 0 Å². The summed E-state index contributed by atoms with van der Waals surface area (Å²) in [5, 5.41) is 3.55. The minimum Gasteiger partial charge on any atom is -0.317 e. The maximum Gasteiger partial charge on any atom is 0.00896 e. The average Bonchev–Trinajstić information content (AvgIpc) is 2.43. The van der Waals surface area contributed by atoms with E-state index in [0.29, 0.717) is 11.5 Å². The Balaban J connectivity index is 1.77. The Labute approximate surface area is 139 Å². The average molecular weight is 306 g/mol. The Morgan fingerprint density at radius 3 is 2.41 bits per heavy atom. The van der Waals surface area contributed by atoms with Crippen molar-refractivity contribution in [3.63, 3.8) is 0 Å². The predicted molar refractivity (Wildman–Crippen MR) is 98.2 cm³/mol. The van der Waals surface area contributed by atoms with Crippen LogP contribution in [0, 0.1) is 11.3 Å². The summed E-state index contributed by atoms with van der Waals surface area (Å²) in [5.74, 6) is 1.02. The molecule has 2 unspecified atom stereocenters. The Bertz CT molecular complexity index is 360. The van der Waals surface area contributed by atoms with Crippen molar-refractivity contribution in [1.29, 1.82) is 0 Å². The van der Waals surface area contributed by atoms with Gasteiger partial charge in [0, 0.05) is 6.04 Å². The van der Waals surface area contributed by atoms with Crippen molar-refractivity contribution in [2.75, 3.05) is 7.05 Å². The van der Waals surface area contributed by atoms with E-state index in [-0.39, 0.29) is 0 Å². The second-order valence-electron chi connectivity index (χ2n) is 8.29. The first-order valence-electron chi connectivity index (χ1n) is 9.96. The van der Waals surface area contributed by atoms with Gasteiger partial charge in [0.15, 0.2) is 0 Å². The van der Waals surface area contributed by atoms with Crippen LogP contribution < -0.4 is 5.32 Å². The highest BCUT2D eigenvalue weighted by molar-refractivity contribution is 5.19. The quantitative estimate of drug-likeness (QED) is 0.372. The number of unbranched alkanes of at least 4 members (excludes halogenated alkanes) is 1. The smallest absolute Gasteiger partial charge is 0.00896 e. The summed E-state index contributed by atoms with van der Waals surface area (Å²) >= 11 is 0. The lowest BCUT2D eigenvalue weighted by Gasteiger charge is -2.41. The lowest BCUT2D eigenvalue weighted by atomic mass is 9.67. The Morgan fingerprint density at radius 2 is 1.95 bits per heavy atom. The molecule has 0 spiro atoms. The lowest BCUT2D eigenvalue weighted by Crippen LogP contribution is -2.41. The third-order valence-electron chi connectivity index (χ3n) is 6.82. The van der Waals surface area contributed by atoms with Crippen LogP contribution in [-0.2, 0) is 0 Å². The minimum atomic E-state index is 0.496. The lowest BCUT2D eigenvalue weighted by molar-refractivity contribution is 0.124. The summed E-state index contributed by atoms with van der Waals surface area (Å²) in [5.41, 5.74) is 4.10. The number of hydrogen-bond donors (Lipinski definition) is 1. The molecule has 2 fully saturated rings. The van der Waals surface area contributed by atoms with Gasteiger partial charge in [-0.1, -0.05) is 50.7 Å². The minimum absolute atomic E-state index is 0.496. The van der Waals surface area contributed by atoms with Crippen molar-refractivity contribution in [2.45, 2.75) is 104 Å². The van der Waals surface area contributed by atoms with Gasteiger partial charge in [-0.25, -0.2) is 0 Å². The second-order valence-corrected chi connectivity index (χ2v) is 8.29. The molecule has 0 radical (unpaired) electrons. The fraction of sp³-hybridized carbons (Fsp3) is 0.905. The molecule has 0 aromatic carbocycles. The van der Waals surface area contributed by atoms with Crippen molar-refractivity contribution < 1.29 is 0 Å². The summed E-state index contributed by atoms with van der Waals surface area (Å²) in [6, 6.07) is 0.642. The molecule has 2 saturated carbocycles. The van der Waals surface area contributed by atoms with Crippen LogP contribution in [0.1, 0.15) is 97.8 Å². The first-order chi connectivity index (χ1) is 10.6. The zero-order valence-electron chi connectivity index (χ0n) is 15.6. The molecule has 0 bridgehead atoms. The predicted octanol–water partition coefficient (Wildman–Crippen LogP) is 6.24. The van der Waals surface area contributed by atoms with Crippen LogP contribution in [0.15, 0.2) is 11.1 Å². The summed E-state index contributed by atoms with van der Waals surface area (Å²) in [7, 11) is 2.14. The zero-order chi connectivity index (χ0) is 16.0. The van der Waals surface area contributed by atoms with E-state index in [2.05, 4.69) is 33.1 Å². The van der Waals surface area contributed by atoms with Crippen molar-refractivity contribution in [1.82, 2.24) is 5.32 Å². The Morgan fingerprint density at radius 1 is 1.23 bits per heavy atom. The number of hydrogen-bond acceptors (Lipinski definition) is 1. The number of rotatable bonds is 10. The van der Waals surface area contributed by atoms with Gasteiger partial charge in [-0.2, -0.15) is 0 Å². The van der Waals surface area contributed by atoms with Gasteiger partial charge in [0.2, 0.25) is 0 Å². The number of nitrogens with one attached hydrogen (secondary N) is 1. The largest absolute Gasteiger partial charge is 0.317 e. The van der Waals surface area contributed by atoms with Crippen molar-refractivity contribution in [3.05, 3.63) is 11.1 Å². The van der Waals surface area contributed by atoms with Crippen LogP contribution in [-0.4, -0.2) is 13.1 Å². The maximum absolute atomic E-state index is 3.55. The molecule has 0 aromatic heterocycles. The monoisotopic (exact) mass is 305 g/mol. The molecule has 1 nitrogen and oxygen atoms in total. The van der Waals surface area contributed by atoms with E-state index in [0.717, 1.165) is 5.92 Å². The topological polar surface area (TPSA) is 12.0 Å². The van der Waals surface area contributed by atoms with Gasteiger partial charge in [-0.15, -0.1) is 0 Å². The van der Waals surface area contributed by atoms with Gasteiger partial charge < -0.3 is 5.32 Å². The molecular formula is C21H39N. The molecule has 2 rings (SSSR count). The molecule has 1 N–H and O–H groups in total. The summed E-state index contributed by atoms with van der Waals surface area (Å²) in [6.07, 6.45) is 17.0. The summed E-state index contributed by atoms with van der Waals surface area (Å²) in [6.45, 7) is 7.29. The third-order valence-corrected chi connectivity index (χ3v) is 6.82. The fourth-order valence-electron chi connectivity index (χ4n) is 4.38. The van der Waals surface area contributed by atoms with Gasteiger partial charge in [-0.05, 0) is 76.7 Å². The Hall–Kier alpha value is -0.300. The van der Waals surface area contributed by atoms with Crippen LogP contribution in [0.25, 0.3) is 0 Å². The highest BCUT2D eigenvalue weighted by Crippen LogP contribution is 2.42. The summed E-state index contributed by atoms with van der Waals surface area (Å²) < 4.78 is 0. The van der Waals surface area contributed by atoms with Crippen LogP contribution in [0.2, 0.25) is 0 Å².